The van der Waals surface area contributed by atoms with E-state index in [0.717, 1.165) is 36.7 Å². The van der Waals surface area contributed by atoms with Gasteiger partial charge in [0.25, 0.3) is 0 Å². The molecular weight excluding hydrogens is 324 g/mol. The number of quaternary nitrogens is 1. The average Bonchev–Trinajstić information content (AvgIpc) is 2.98. The zero-order valence-corrected chi connectivity index (χ0v) is 15.5. The second-order valence-corrected chi connectivity index (χ2v) is 7.86. The van der Waals surface area contributed by atoms with Crippen molar-refractivity contribution in [1.82, 2.24) is 15.2 Å². The highest BCUT2D eigenvalue weighted by Gasteiger charge is 2.28. The predicted octanol–water partition coefficient (Wildman–Crippen LogP) is 1.84. The van der Waals surface area contributed by atoms with Gasteiger partial charge in [-0.15, -0.1) is 11.3 Å². The fourth-order valence-corrected chi connectivity index (χ4v) is 4.42. The standard InChI is InChI=1S/C17H24N4S2/c1-20(2)12-10-18-17(22)21-11-6-5-8-14(21)16-19-13-7-3-4-9-15(13)23-16/h3-4,7,9,14H,5-6,8,10-12H2,1-2H3,(H,18,22)/p+1/t14-/m1/s1. The number of piperidine rings is 1. The average molecular weight is 350 g/mol. The van der Waals surface area contributed by atoms with E-state index in [1.165, 1.54) is 27.4 Å². The van der Waals surface area contributed by atoms with Crippen molar-refractivity contribution in [2.24, 2.45) is 0 Å². The molecule has 1 fully saturated rings. The maximum Gasteiger partial charge on any atom is 0.169 e. The Kier molecular flexibility index (Phi) is 5.46. The topological polar surface area (TPSA) is 32.6 Å². The van der Waals surface area contributed by atoms with E-state index < -0.39 is 0 Å². The third-order valence-corrected chi connectivity index (χ3v) is 5.78. The maximum atomic E-state index is 5.67. The number of nitrogens with one attached hydrogen (secondary N) is 2. The minimum absolute atomic E-state index is 0.327. The van der Waals surface area contributed by atoms with Crippen molar-refractivity contribution >= 4 is 38.9 Å². The molecule has 4 nitrogen and oxygen atoms in total. The zero-order chi connectivity index (χ0) is 16.2. The van der Waals surface area contributed by atoms with Gasteiger partial charge in [0.15, 0.2) is 5.11 Å². The van der Waals surface area contributed by atoms with Crippen LogP contribution < -0.4 is 10.2 Å². The molecule has 0 bridgehead atoms. The molecule has 1 aliphatic heterocycles. The third-order valence-electron chi connectivity index (χ3n) is 4.26. The highest BCUT2D eigenvalue weighted by Crippen LogP contribution is 2.35. The number of thiocarbonyl (C=S) groups is 1. The van der Waals surface area contributed by atoms with Gasteiger partial charge in [-0.1, -0.05) is 12.1 Å². The molecule has 0 amide bonds. The van der Waals surface area contributed by atoms with Crippen molar-refractivity contribution < 1.29 is 4.90 Å². The summed E-state index contributed by atoms with van der Waals surface area (Å²) in [6, 6.07) is 8.71. The first-order valence-electron chi connectivity index (χ1n) is 8.34. The Bertz CT molecular complexity index is 634. The molecule has 2 aromatic rings. The Morgan fingerprint density at radius 1 is 1.39 bits per heavy atom. The summed E-state index contributed by atoms with van der Waals surface area (Å²) in [7, 11) is 4.32. The van der Waals surface area contributed by atoms with Crippen molar-refractivity contribution in [2.75, 3.05) is 33.7 Å². The summed E-state index contributed by atoms with van der Waals surface area (Å²) in [4.78, 5) is 8.64. The molecule has 0 radical (unpaired) electrons. The first-order valence-corrected chi connectivity index (χ1v) is 9.56. The lowest BCUT2D eigenvalue weighted by Gasteiger charge is -2.36. The second-order valence-electron chi connectivity index (χ2n) is 6.41. The van der Waals surface area contributed by atoms with Crippen LogP contribution in [-0.4, -0.2) is 48.7 Å². The van der Waals surface area contributed by atoms with Crippen LogP contribution >= 0.6 is 23.6 Å². The molecule has 6 heteroatoms. The third kappa shape index (κ3) is 4.00. The summed E-state index contributed by atoms with van der Waals surface area (Å²) < 4.78 is 1.27. The van der Waals surface area contributed by atoms with Gasteiger partial charge >= 0.3 is 0 Å². The summed E-state index contributed by atoms with van der Waals surface area (Å²) in [5, 5.41) is 5.52. The Hall–Kier alpha value is -1.24. The summed E-state index contributed by atoms with van der Waals surface area (Å²) in [5.74, 6) is 0. The van der Waals surface area contributed by atoms with E-state index in [-0.39, 0.29) is 0 Å². The Balaban J connectivity index is 1.74. The molecule has 23 heavy (non-hydrogen) atoms. The molecule has 1 saturated heterocycles. The van der Waals surface area contributed by atoms with Crippen molar-refractivity contribution in [2.45, 2.75) is 25.3 Å². The summed E-state index contributed by atoms with van der Waals surface area (Å²) in [5.41, 5.74) is 1.10. The van der Waals surface area contributed by atoms with Crippen molar-refractivity contribution in [1.29, 1.82) is 0 Å². The van der Waals surface area contributed by atoms with Crippen LogP contribution in [0, 0.1) is 0 Å². The number of fused-ring (bicyclic) bond motifs is 1. The number of likely N-dealkylation sites (tertiary alicyclic amines) is 1. The van der Waals surface area contributed by atoms with E-state index in [0.29, 0.717) is 6.04 Å². The molecule has 0 spiro atoms. The van der Waals surface area contributed by atoms with E-state index in [2.05, 4.69) is 48.6 Å². The van der Waals surface area contributed by atoms with E-state index in [1.807, 2.05) is 11.3 Å². The fraction of sp³-hybridized carbons (Fsp3) is 0.529. The number of thiazole rings is 1. The molecule has 2 N–H and O–H groups in total. The highest BCUT2D eigenvalue weighted by molar-refractivity contribution is 7.80. The molecule has 1 aromatic carbocycles. The van der Waals surface area contributed by atoms with Gasteiger partial charge in [-0.05, 0) is 43.6 Å². The number of nitrogens with zero attached hydrogens (tertiary/aromatic N) is 2. The van der Waals surface area contributed by atoms with Crippen LogP contribution in [0.5, 0.6) is 0 Å². The molecule has 1 aliphatic rings. The van der Waals surface area contributed by atoms with Gasteiger partial charge in [0.1, 0.15) is 5.01 Å². The Labute approximate surface area is 147 Å². The first kappa shape index (κ1) is 16.6. The molecule has 124 valence electrons. The number of hydrogen-bond donors (Lipinski definition) is 2. The van der Waals surface area contributed by atoms with Crippen LogP contribution in [-0.2, 0) is 0 Å². The molecule has 2 heterocycles. The SMILES string of the molecule is C[NH+](C)CCNC(=S)N1CCCC[C@@H]1c1nc2ccccc2s1. The van der Waals surface area contributed by atoms with Crippen molar-refractivity contribution in [3.8, 4) is 0 Å². The van der Waals surface area contributed by atoms with Gasteiger partial charge in [-0.3, -0.25) is 0 Å². The van der Waals surface area contributed by atoms with Gasteiger partial charge in [0.2, 0.25) is 0 Å². The predicted molar refractivity (Wildman–Crippen MR) is 101 cm³/mol. The molecular formula is C17H25N4S2+. The van der Waals surface area contributed by atoms with Crippen LogP contribution in [0.3, 0.4) is 0 Å². The number of rotatable bonds is 4. The molecule has 0 unspecified atom stereocenters. The van der Waals surface area contributed by atoms with Gasteiger partial charge in [0, 0.05) is 6.54 Å². The number of likely N-dealkylation sites (N-methyl/N-ethyl adjacent to an activating group) is 1. The first-order chi connectivity index (χ1) is 11.1. The van der Waals surface area contributed by atoms with Crippen molar-refractivity contribution in [3.05, 3.63) is 29.3 Å². The Morgan fingerprint density at radius 2 is 2.22 bits per heavy atom. The molecule has 0 saturated carbocycles. The molecule has 0 aliphatic carbocycles. The smallest absolute Gasteiger partial charge is 0.169 e. The van der Waals surface area contributed by atoms with Crippen LogP contribution in [0.4, 0.5) is 0 Å². The number of hydrogen-bond acceptors (Lipinski definition) is 3. The molecule has 1 aromatic heterocycles. The van der Waals surface area contributed by atoms with Gasteiger partial charge in [-0.25, -0.2) is 4.98 Å². The molecule has 3 rings (SSSR count). The number of benzene rings is 1. The Morgan fingerprint density at radius 3 is 3.00 bits per heavy atom. The van der Waals surface area contributed by atoms with Crippen LogP contribution in [0.15, 0.2) is 24.3 Å². The maximum absolute atomic E-state index is 5.67. The lowest BCUT2D eigenvalue weighted by Crippen LogP contribution is -3.06. The molecule has 1 atom stereocenters. The summed E-state index contributed by atoms with van der Waals surface area (Å²) >= 11 is 7.48. The highest BCUT2D eigenvalue weighted by atomic mass is 32.1. The number of para-hydroxylation sites is 1. The van der Waals surface area contributed by atoms with Gasteiger partial charge < -0.3 is 15.1 Å². The van der Waals surface area contributed by atoms with Crippen LogP contribution in [0.25, 0.3) is 10.2 Å². The lowest BCUT2D eigenvalue weighted by atomic mass is 10.0. The largest absolute Gasteiger partial charge is 0.357 e. The van der Waals surface area contributed by atoms with Crippen LogP contribution in [0.1, 0.15) is 30.3 Å². The minimum atomic E-state index is 0.327. The second kappa shape index (κ2) is 7.55. The summed E-state index contributed by atoms with van der Waals surface area (Å²) in [6.07, 6.45) is 3.60. The van der Waals surface area contributed by atoms with E-state index >= 15 is 0 Å². The van der Waals surface area contributed by atoms with Gasteiger partial charge in [-0.2, -0.15) is 0 Å². The van der Waals surface area contributed by atoms with Crippen molar-refractivity contribution in [3.63, 3.8) is 0 Å². The van der Waals surface area contributed by atoms with Crippen LogP contribution in [0.2, 0.25) is 0 Å². The number of aromatic nitrogens is 1. The lowest BCUT2D eigenvalue weighted by molar-refractivity contribution is -0.856. The zero-order valence-electron chi connectivity index (χ0n) is 13.8. The van der Waals surface area contributed by atoms with E-state index in [4.69, 9.17) is 17.2 Å². The monoisotopic (exact) mass is 349 g/mol. The van der Waals surface area contributed by atoms with E-state index in [1.54, 1.807) is 0 Å². The fourth-order valence-electron chi connectivity index (χ4n) is 2.98. The van der Waals surface area contributed by atoms with Gasteiger partial charge in [0.05, 0.1) is 43.4 Å². The minimum Gasteiger partial charge on any atom is -0.357 e. The summed E-state index contributed by atoms with van der Waals surface area (Å²) in [6.45, 7) is 3.02. The van der Waals surface area contributed by atoms with E-state index in [9.17, 15) is 0 Å². The quantitative estimate of drug-likeness (QED) is 0.825. The normalized spacial score (nSPS) is 18.6.